The van der Waals surface area contributed by atoms with E-state index in [-0.39, 0.29) is 12.5 Å². The van der Waals surface area contributed by atoms with Crippen LogP contribution in [0.25, 0.3) is 0 Å². The van der Waals surface area contributed by atoms with Crippen molar-refractivity contribution in [2.75, 3.05) is 45.2 Å². The molecule has 1 aliphatic heterocycles. The molecule has 0 aromatic heterocycles. The Morgan fingerprint density at radius 2 is 2.07 bits per heavy atom. The number of rotatable bonds is 4. The Labute approximate surface area is 95.8 Å². The maximum absolute atomic E-state index is 11.6. The van der Waals surface area contributed by atoms with E-state index >= 15 is 0 Å². The molecule has 1 aliphatic rings. The van der Waals surface area contributed by atoms with Crippen molar-refractivity contribution in [3.8, 4) is 0 Å². The Morgan fingerprint density at radius 1 is 1.27 bits per heavy atom. The zero-order valence-electron chi connectivity index (χ0n) is 8.99. The van der Waals surface area contributed by atoms with Gasteiger partial charge < -0.3 is 10.0 Å². The Kier molecular flexibility index (Phi) is 5.98. The molecule has 0 aromatic carbocycles. The third-order valence-corrected chi connectivity index (χ3v) is 2.85. The molecule has 5 heteroatoms. The lowest BCUT2D eigenvalue weighted by Gasteiger charge is -2.21. The Morgan fingerprint density at radius 3 is 2.73 bits per heavy atom. The first kappa shape index (κ1) is 12.7. The maximum atomic E-state index is 11.6. The second kappa shape index (κ2) is 7.04. The molecule has 0 unspecified atom stereocenters. The molecule has 0 aliphatic carbocycles. The van der Waals surface area contributed by atoms with Crippen molar-refractivity contribution in [1.82, 2.24) is 9.80 Å². The third kappa shape index (κ3) is 4.36. The smallest absolute Gasteiger partial charge is 0.223 e. The zero-order chi connectivity index (χ0) is 11.1. The van der Waals surface area contributed by atoms with Crippen LogP contribution >= 0.6 is 11.6 Å². The van der Waals surface area contributed by atoms with Crippen LogP contribution in [0.2, 0.25) is 0 Å². The Hall–Kier alpha value is -0.320. The van der Waals surface area contributed by atoms with E-state index in [0.717, 1.165) is 32.6 Å². The normalized spacial score (nSPS) is 18.9. The number of carbonyl (C=O) groups excluding carboxylic acids is 1. The summed E-state index contributed by atoms with van der Waals surface area (Å²) in [6, 6.07) is 0. The summed E-state index contributed by atoms with van der Waals surface area (Å²) in [7, 11) is 0. The van der Waals surface area contributed by atoms with Gasteiger partial charge in [-0.3, -0.25) is 9.69 Å². The lowest BCUT2D eigenvalue weighted by molar-refractivity contribution is -0.130. The van der Waals surface area contributed by atoms with Crippen LogP contribution in [0.1, 0.15) is 12.8 Å². The summed E-state index contributed by atoms with van der Waals surface area (Å²) in [5.74, 6) is 0.547. The van der Waals surface area contributed by atoms with Crippen LogP contribution in [0.3, 0.4) is 0 Å². The fourth-order valence-corrected chi connectivity index (χ4v) is 1.99. The molecular formula is C10H19ClN2O2. The molecule has 0 radical (unpaired) electrons. The summed E-state index contributed by atoms with van der Waals surface area (Å²) in [5.41, 5.74) is 0. The summed E-state index contributed by atoms with van der Waals surface area (Å²) < 4.78 is 0. The van der Waals surface area contributed by atoms with Gasteiger partial charge in [0.2, 0.25) is 5.91 Å². The van der Waals surface area contributed by atoms with Gasteiger partial charge in [-0.25, -0.2) is 0 Å². The highest BCUT2D eigenvalue weighted by Gasteiger charge is 2.17. The summed E-state index contributed by atoms with van der Waals surface area (Å²) in [4.78, 5) is 15.7. The van der Waals surface area contributed by atoms with Crippen LogP contribution in [0.4, 0.5) is 0 Å². The van der Waals surface area contributed by atoms with Crippen molar-refractivity contribution in [2.45, 2.75) is 12.8 Å². The fraction of sp³-hybridized carbons (Fsp3) is 0.900. The highest BCUT2D eigenvalue weighted by atomic mass is 35.5. The monoisotopic (exact) mass is 234 g/mol. The van der Waals surface area contributed by atoms with Gasteiger partial charge in [-0.1, -0.05) is 0 Å². The Bertz CT molecular complexity index is 202. The Balaban J connectivity index is 2.35. The predicted molar refractivity (Wildman–Crippen MR) is 60.1 cm³/mol. The lowest BCUT2D eigenvalue weighted by atomic mass is 10.3. The number of hydrogen-bond acceptors (Lipinski definition) is 3. The first-order valence-electron chi connectivity index (χ1n) is 5.45. The SMILES string of the molecule is O=C(CCCl)N1CCCN(CCO)CC1. The first-order valence-corrected chi connectivity index (χ1v) is 5.98. The molecule has 0 bridgehead atoms. The molecule has 1 amide bonds. The number of nitrogens with zero attached hydrogens (tertiary/aromatic N) is 2. The standard InChI is InChI=1S/C10H19ClN2O2/c11-3-2-10(15)13-5-1-4-12(6-7-13)8-9-14/h14H,1-9H2. The van der Waals surface area contributed by atoms with Crippen LogP contribution in [-0.2, 0) is 4.79 Å². The number of hydrogen-bond donors (Lipinski definition) is 1. The summed E-state index contributed by atoms with van der Waals surface area (Å²) in [6.07, 6.45) is 1.41. The van der Waals surface area contributed by atoms with Crippen LogP contribution in [-0.4, -0.2) is 66.0 Å². The van der Waals surface area contributed by atoms with Crippen molar-refractivity contribution in [3.05, 3.63) is 0 Å². The number of carbonyl (C=O) groups is 1. The van der Waals surface area contributed by atoms with E-state index < -0.39 is 0 Å². The largest absolute Gasteiger partial charge is 0.395 e. The zero-order valence-corrected chi connectivity index (χ0v) is 9.75. The molecule has 1 rings (SSSR count). The van der Waals surface area contributed by atoms with Gasteiger partial charge in [-0.05, 0) is 13.0 Å². The van der Waals surface area contributed by atoms with Crippen molar-refractivity contribution in [1.29, 1.82) is 0 Å². The molecule has 1 heterocycles. The van der Waals surface area contributed by atoms with Gasteiger partial charge in [0.25, 0.3) is 0 Å². The molecule has 0 aromatic rings. The van der Waals surface area contributed by atoms with Gasteiger partial charge >= 0.3 is 0 Å². The molecule has 1 N–H and O–H groups in total. The van der Waals surface area contributed by atoms with Crippen LogP contribution < -0.4 is 0 Å². The second-order valence-corrected chi connectivity index (χ2v) is 4.12. The topological polar surface area (TPSA) is 43.8 Å². The summed E-state index contributed by atoms with van der Waals surface area (Å²) in [5, 5.41) is 8.83. The van der Waals surface area contributed by atoms with E-state index in [0.29, 0.717) is 18.8 Å². The number of aliphatic hydroxyl groups is 1. The highest BCUT2D eigenvalue weighted by molar-refractivity contribution is 6.18. The molecule has 0 atom stereocenters. The van der Waals surface area contributed by atoms with Gasteiger partial charge in [0.15, 0.2) is 0 Å². The number of alkyl halides is 1. The quantitative estimate of drug-likeness (QED) is 0.704. The molecule has 0 saturated carbocycles. The molecule has 1 fully saturated rings. The number of amides is 1. The summed E-state index contributed by atoms with van der Waals surface area (Å²) in [6.45, 7) is 4.29. The first-order chi connectivity index (χ1) is 7.27. The van der Waals surface area contributed by atoms with Crippen molar-refractivity contribution in [2.24, 2.45) is 0 Å². The molecule has 1 saturated heterocycles. The van der Waals surface area contributed by atoms with Gasteiger partial charge in [0.05, 0.1) is 6.61 Å². The van der Waals surface area contributed by atoms with Gasteiger partial charge in [0.1, 0.15) is 0 Å². The average Bonchev–Trinajstić information content (AvgIpc) is 2.44. The molecular weight excluding hydrogens is 216 g/mol. The van der Waals surface area contributed by atoms with Crippen LogP contribution in [0.5, 0.6) is 0 Å². The minimum Gasteiger partial charge on any atom is -0.395 e. The molecule has 0 spiro atoms. The number of halogens is 1. The van der Waals surface area contributed by atoms with E-state index in [4.69, 9.17) is 16.7 Å². The minimum absolute atomic E-state index is 0.149. The fourth-order valence-electron chi connectivity index (χ4n) is 1.82. The van der Waals surface area contributed by atoms with Crippen molar-refractivity contribution < 1.29 is 9.90 Å². The summed E-state index contributed by atoms with van der Waals surface area (Å²) >= 11 is 5.54. The van der Waals surface area contributed by atoms with Gasteiger partial charge in [0, 0.05) is 38.5 Å². The maximum Gasteiger partial charge on any atom is 0.223 e. The van der Waals surface area contributed by atoms with Crippen molar-refractivity contribution >= 4 is 17.5 Å². The van der Waals surface area contributed by atoms with Crippen LogP contribution in [0.15, 0.2) is 0 Å². The van der Waals surface area contributed by atoms with Crippen LogP contribution in [0, 0.1) is 0 Å². The average molecular weight is 235 g/mol. The molecule has 88 valence electrons. The minimum atomic E-state index is 0.149. The highest BCUT2D eigenvalue weighted by Crippen LogP contribution is 2.05. The van der Waals surface area contributed by atoms with E-state index in [1.165, 1.54) is 0 Å². The van der Waals surface area contributed by atoms with Crippen molar-refractivity contribution in [3.63, 3.8) is 0 Å². The van der Waals surface area contributed by atoms with E-state index in [1.54, 1.807) is 0 Å². The number of aliphatic hydroxyl groups excluding tert-OH is 1. The predicted octanol–water partition coefficient (Wildman–Crippen LogP) is 0.142. The number of β-amino-alcohol motifs (C(OH)–C–C–N with tert-alkyl or cyclic N) is 1. The van der Waals surface area contributed by atoms with E-state index in [2.05, 4.69) is 4.90 Å². The van der Waals surface area contributed by atoms with Gasteiger partial charge in [-0.15, -0.1) is 11.6 Å². The lowest BCUT2D eigenvalue weighted by Crippen LogP contribution is -2.35. The second-order valence-electron chi connectivity index (χ2n) is 3.74. The van der Waals surface area contributed by atoms with Gasteiger partial charge in [-0.2, -0.15) is 0 Å². The van der Waals surface area contributed by atoms with E-state index in [1.807, 2.05) is 4.90 Å². The molecule has 4 nitrogen and oxygen atoms in total. The third-order valence-electron chi connectivity index (χ3n) is 2.67. The molecule has 15 heavy (non-hydrogen) atoms. The van der Waals surface area contributed by atoms with E-state index in [9.17, 15) is 4.79 Å².